The van der Waals surface area contributed by atoms with Gasteiger partial charge in [0.25, 0.3) is 10.0 Å². The Morgan fingerprint density at radius 1 is 1.00 bits per heavy atom. The summed E-state index contributed by atoms with van der Waals surface area (Å²) >= 11 is 0. The molecule has 30 heavy (non-hydrogen) atoms. The van der Waals surface area contributed by atoms with Crippen molar-refractivity contribution in [3.63, 3.8) is 0 Å². The van der Waals surface area contributed by atoms with Crippen LogP contribution in [0.25, 0.3) is 22.3 Å². The maximum atomic E-state index is 12.6. The molecule has 0 bridgehead atoms. The van der Waals surface area contributed by atoms with Gasteiger partial charge in [0, 0.05) is 23.1 Å². The molecule has 0 aliphatic heterocycles. The quantitative estimate of drug-likeness (QED) is 0.508. The monoisotopic (exact) mass is 434 g/mol. The Kier molecular flexibility index (Phi) is 4.65. The molecule has 3 aromatic heterocycles. The molecule has 1 aromatic carbocycles. The summed E-state index contributed by atoms with van der Waals surface area (Å²) in [6, 6.07) is 7.84. The van der Waals surface area contributed by atoms with Crippen LogP contribution in [0.2, 0.25) is 0 Å². The number of fused-ring (bicyclic) bond motifs is 1. The standard InChI is InChI=1S/C18H13F3N6O2S/c1-10-15-16(23-9-24-17(15)26-25-10)11-2-4-12(5-3-11)27-30(28,29)13-6-7-14(22-8-13)18(19,20)21/h2-9,27H,1H3,(H,23,24,25,26). The molecule has 0 aliphatic rings. The highest BCUT2D eigenvalue weighted by Crippen LogP contribution is 2.29. The van der Waals surface area contributed by atoms with E-state index in [0.717, 1.165) is 17.1 Å². The lowest BCUT2D eigenvalue weighted by Crippen LogP contribution is -2.14. The average Bonchev–Trinajstić information content (AvgIpc) is 3.09. The zero-order chi connectivity index (χ0) is 21.5. The van der Waals surface area contributed by atoms with Crippen LogP contribution in [0.15, 0.2) is 53.8 Å². The van der Waals surface area contributed by atoms with Crippen molar-refractivity contribution in [2.75, 3.05) is 4.72 Å². The second-order valence-corrected chi connectivity index (χ2v) is 8.01. The van der Waals surface area contributed by atoms with Gasteiger partial charge in [-0.1, -0.05) is 12.1 Å². The molecule has 0 fully saturated rings. The Morgan fingerprint density at radius 2 is 1.73 bits per heavy atom. The molecule has 0 spiro atoms. The number of anilines is 1. The Labute approximate surface area is 168 Å². The highest BCUT2D eigenvalue weighted by Gasteiger charge is 2.32. The summed E-state index contributed by atoms with van der Waals surface area (Å²) in [4.78, 5) is 11.2. The van der Waals surface area contributed by atoms with Gasteiger partial charge in [0.2, 0.25) is 0 Å². The van der Waals surface area contributed by atoms with Crippen LogP contribution in [-0.4, -0.2) is 33.6 Å². The van der Waals surface area contributed by atoms with Crippen LogP contribution in [-0.2, 0) is 16.2 Å². The molecule has 4 aromatic rings. The van der Waals surface area contributed by atoms with Gasteiger partial charge in [-0.3, -0.25) is 14.8 Å². The zero-order valence-electron chi connectivity index (χ0n) is 15.3. The van der Waals surface area contributed by atoms with Crippen LogP contribution in [0.1, 0.15) is 11.4 Å². The fourth-order valence-corrected chi connectivity index (χ4v) is 3.84. The van der Waals surface area contributed by atoms with E-state index in [0.29, 0.717) is 29.2 Å². The van der Waals surface area contributed by atoms with Gasteiger partial charge in [0.1, 0.15) is 16.9 Å². The second kappa shape index (κ2) is 7.06. The summed E-state index contributed by atoms with van der Waals surface area (Å²) in [6.07, 6.45) is -2.60. The van der Waals surface area contributed by atoms with Crippen molar-refractivity contribution in [1.29, 1.82) is 0 Å². The molecular weight excluding hydrogens is 421 g/mol. The summed E-state index contributed by atoms with van der Waals surface area (Å²) in [7, 11) is -4.11. The van der Waals surface area contributed by atoms with Crippen LogP contribution in [0.4, 0.5) is 18.9 Å². The van der Waals surface area contributed by atoms with Crippen LogP contribution in [0.3, 0.4) is 0 Å². The summed E-state index contributed by atoms with van der Waals surface area (Å²) in [5.41, 5.74) is 1.71. The number of hydrogen-bond acceptors (Lipinski definition) is 6. The molecule has 0 atom stereocenters. The van der Waals surface area contributed by atoms with Gasteiger partial charge in [-0.25, -0.2) is 18.4 Å². The Hall–Kier alpha value is -3.54. The number of H-pyrrole nitrogens is 1. The number of pyridine rings is 1. The van der Waals surface area contributed by atoms with E-state index in [2.05, 4.69) is 29.9 Å². The molecule has 0 radical (unpaired) electrons. The molecule has 0 aliphatic carbocycles. The molecule has 0 saturated carbocycles. The van der Waals surface area contributed by atoms with E-state index in [1.54, 1.807) is 12.1 Å². The van der Waals surface area contributed by atoms with Crippen LogP contribution in [0, 0.1) is 6.92 Å². The lowest BCUT2D eigenvalue weighted by atomic mass is 10.1. The number of sulfonamides is 1. The highest BCUT2D eigenvalue weighted by atomic mass is 32.2. The SMILES string of the molecule is Cc1[nH]nc2ncnc(-c3ccc(NS(=O)(=O)c4ccc(C(F)(F)F)nc4)cc3)c12. The number of hydrogen-bond donors (Lipinski definition) is 2. The molecule has 2 N–H and O–H groups in total. The number of nitrogens with zero attached hydrogens (tertiary/aromatic N) is 4. The van der Waals surface area contributed by atoms with E-state index in [9.17, 15) is 21.6 Å². The van der Waals surface area contributed by atoms with Gasteiger partial charge >= 0.3 is 6.18 Å². The van der Waals surface area contributed by atoms with Crippen molar-refractivity contribution >= 4 is 26.7 Å². The number of rotatable bonds is 4. The normalized spacial score (nSPS) is 12.3. The van der Waals surface area contributed by atoms with Crippen molar-refractivity contribution in [3.8, 4) is 11.3 Å². The fourth-order valence-electron chi connectivity index (χ4n) is 2.84. The van der Waals surface area contributed by atoms with Crippen molar-refractivity contribution in [2.24, 2.45) is 0 Å². The first-order valence-corrected chi connectivity index (χ1v) is 9.96. The molecular formula is C18H13F3N6O2S. The topological polar surface area (TPSA) is 114 Å². The molecule has 0 unspecified atom stereocenters. The van der Waals surface area contributed by atoms with E-state index >= 15 is 0 Å². The first-order valence-electron chi connectivity index (χ1n) is 8.47. The van der Waals surface area contributed by atoms with Crippen LogP contribution < -0.4 is 4.72 Å². The van der Waals surface area contributed by atoms with E-state index in [-0.39, 0.29) is 10.6 Å². The van der Waals surface area contributed by atoms with E-state index in [1.165, 1.54) is 18.5 Å². The molecule has 0 saturated heterocycles. The number of halogens is 3. The highest BCUT2D eigenvalue weighted by molar-refractivity contribution is 7.92. The van der Waals surface area contributed by atoms with Crippen LogP contribution in [0.5, 0.6) is 0 Å². The lowest BCUT2D eigenvalue weighted by molar-refractivity contribution is -0.141. The minimum absolute atomic E-state index is 0.230. The molecule has 8 nitrogen and oxygen atoms in total. The Bertz CT molecular complexity index is 1320. The fraction of sp³-hybridized carbons (Fsp3) is 0.111. The van der Waals surface area contributed by atoms with E-state index in [1.807, 2.05) is 6.92 Å². The average molecular weight is 434 g/mol. The van der Waals surface area contributed by atoms with E-state index in [4.69, 9.17) is 0 Å². The van der Waals surface area contributed by atoms with Crippen LogP contribution >= 0.6 is 0 Å². The maximum Gasteiger partial charge on any atom is 0.433 e. The van der Waals surface area contributed by atoms with Crippen molar-refractivity contribution in [1.82, 2.24) is 25.1 Å². The first kappa shape index (κ1) is 19.8. The molecule has 4 rings (SSSR count). The van der Waals surface area contributed by atoms with Gasteiger partial charge < -0.3 is 0 Å². The van der Waals surface area contributed by atoms with Crippen molar-refractivity contribution < 1.29 is 21.6 Å². The van der Waals surface area contributed by atoms with Crippen molar-refractivity contribution in [2.45, 2.75) is 18.0 Å². The lowest BCUT2D eigenvalue weighted by Gasteiger charge is -2.10. The van der Waals surface area contributed by atoms with Gasteiger partial charge in [0.15, 0.2) is 5.65 Å². The Balaban J connectivity index is 1.59. The third-order valence-corrected chi connectivity index (χ3v) is 5.65. The van der Waals surface area contributed by atoms with Gasteiger partial charge in [-0.15, -0.1) is 0 Å². The molecule has 12 heteroatoms. The maximum absolute atomic E-state index is 12.6. The number of aromatic nitrogens is 5. The predicted molar refractivity (Wildman–Crippen MR) is 102 cm³/mol. The number of aromatic amines is 1. The minimum atomic E-state index is -4.65. The summed E-state index contributed by atoms with van der Waals surface area (Å²) in [5.74, 6) is 0. The molecule has 3 heterocycles. The summed E-state index contributed by atoms with van der Waals surface area (Å²) < 4.78 is 65.0. The van der Waals surface area contributed by atoms with E-state index < -0.39 is 21.9 Å². The van der Waals surface area contributed by atoms with Gasteiger partial charge in [-0.2, -0.15) is 18.3 Å². The first-order chi connectivity index (χ1) is 14.1. The number of benzene rings is 1. The summed E-state index contributed by atoms with van der Waals surface area (Å²) in [6.45, 7) is 1.84. The second-order valence-electron chi connectivity index (χ2n) is 6.33. The number of aryl methyl sites for hydroxylation is 1. The third-order valence-electron chi connectivity index (χ3n) is 4.28. The number of alkyl halides is 3. The summed E-state index contributed by atoms with van der Waals surface area (Å²) in [5, 5.41) is 7.67. The number of nitrogens with one attached hydrogen (secondary N) is 2. The molecule has 154 valence electrons. The zero-order valence-corrected chi connectivity index (χ0v) is 16.1. The van der Waals surface area contributed by atoms with Crippen molar-refractivity contribution in [3.05, 3.63) is 60.3 Å². The van der Waals surface area contributed by atoms with Gasteiger partial charge in [0.05, 0.1) is 11.1 Å². The smallest absolute Gasteiger partial charge is 0.280 e. The largest absolute Gasteiger partial charge is 0.433 e. The molecule has 0 amide bonds. The minimum Gasteiger partial charge on any atom is -0.280 e. The predicted octanol–water partition coefficient (Wildman–Crippen LogP) is 3.54. The Morgan fingerprint density at radius 3 is 2.37 bits per heavy atom. The van der Waals surface area contributed by atoms with Gasteiger partial charge in [-0.05, 0) is 31.2 Å². The third kappa shape index (κ3) is 3.68.